The summed E-state index contributed by atoms with van der Waals surface area (Å²) in [6.45, 7) is 2.09. The second-order valence-corrected chi connectivity index (χ2v) is 7.11. The zero-order valence-electron chi connectivity index (χ0n) is 17.0. The summed E-state index contributed by atoms with van der Waals surface area (Å²) in [5.41, 5.74) is 10.2. The van der Waals surface area contributed by atoms with Gasteiger partial charge in [0, 0.05) is 11.6 Å². The van der Waals surface area contributed by atoms with E-state index in [1.165, 1.54) is 16.7 Å². The van der Waals surface area contributed by atoms with E-state index < -0.39 is 7.25 Å². The van der Waals surface area contributed by atoms with E-state index in [-0.39, 0.29) is 0 Å². The monoisotopic (exact) mass is 439 g/mol. The Labute approximate surface area is 181 Å². The Kier molecular flexibility index (Phi) is 5.76. The number of nitrogens with zero attached hydrogens (tertiary/aromatic N) is 4. The van der Waals surface area contributed by atoms with Gasteiger partial charge in [-0.2, -0.15) is 0 Å². The third kappa shape index (κ3) is 5.02. The fourth-order valence-corrected chi connectivity index (χ4v) is 3.33. The zero-order chi connectivity index (χ0) is 22.7. The fourth-order valence-electron chi connectivity index (χ4n) is 3.33. The van der Waals surface area contributed by atoms with Crippen LogP contribution in [-0.4, -0.2) is 32.9 Å². The lowest BCUT2D eigenvalue weighted by molar-refractivity contribution is -0.402. The molecule has 0 unspecified atom stereocenters. The number of hydrogen-bond acceptors (Lipinski definition) is 3. The summed E-state index contributed by atoms with van der Waals surface area (Å²) in [7, 11) is -6.00. The van der Waals surface area contributed by atoms with Crippen LogP contribution in [0.5, 0.6) is 0 Å². The van der Waals surface area contributed by atoms with Gasteiger partial charge in [-0.3, -0.25) is 4.57 Å². The molecule has 10 heteroatoms. The molecule has 5 rings (SSSR count). The largest absolute Gasteiger partial charge is 0.673 e. The van der Waals surface area contributed by atoms with Gasteiger partial charge in [-0.25, -0.2) is 0 Å². The highest BCUT2D eigenvalue weighted by molar-refractivity contribution is 6.50. The highest BCUT2D eigenvalue weighted by Crippen LogP contribution is 2.30. The Hall–Kier alpha value is -3.95. The van der Waals surface area contributed by atoms with Gasteiger partial charge >= 0.3 is 7.25 Å². The quantitative estimate of drug-likeness (QED) is 0.250. The van der Waals surface area contributed by atoms with Gasteiger partial charge in [0.05, 0.1) is 0 Å². The lowest BCUT2D eigenvalue weighted by atomic mass is 10.0. The number of benzene rings is 3. The van der Waals surface area contributed by atoms with Crippen LogP contribution in [-0.2, 0) is 0 Å². The molecule has 0 radical (unpaired) electrons. The molecule has 1 N–H and O–H groups in total. The highest BCUT2D eigenvalue weighted by atomic mass is 19.5. The number of anilines is 1. The predicted octanol–water partition coefficient (Wildman–Crippen LogP) is 5.65. The minimum absolute atomic E-state index is 0.698. The first-order valence-corrected chi connectivity index (χ1v) is 9.72. The van der Waals surface area contributed by atoms with Crippen molar-refractivity contribution in [3.63, 3.8) is 0 Å². The Bertz CT molecular complexity index is 1250. The third-order valence-corrected chi connectivity index (χ3v) is 4.71. The molecule has 0 fully saturated rings. The van der Waals surface area contributed by atoms with E-state index in [1.54, 1.807) is 6.33 Å². The smallest absolute Gasteiger partial charge is 0.418 e. The number of nitrogens with one attached hydrogen (secondary N) is 1. The van der Waals surface area contributed by atoms with Gasteiger partial charge < -0.3 is 17.3 Å². The van der Waals surface area contributed by atoms with E-state index in [4.69, 9.17) is 0 Å². The molecular weight excluding hydrogens is 421 g/mol. The van der Waals surface area contributed by atoms with Crippen molar-refractivity contribution < 1.29 is 21.9 Å². The first-order chi connectivity index (χ1) is 15.3. The molecule has 4 aromatic rings. The van der Waals surface area contributed by atoms with Crippen molar-refractivity contribution in [1.82, 2.24) is 14.8 Å². The molecule has 0 saturated heterocycles. The predicted molar refractivity (Wildman–Crippen MR) is 117 cm³/mol. The molecule has 0 atom stereocenters. The number of rotatable bonds is 2. The second kappa shape index (κ2) is 8.66. The van der Waals surface area contributed by atoms with Gasteiger partial charge in [-0.05, 0) is 41.8 Å². The average molecular weight is 439 g/mol. The number of hydrazone groups is 1. The number of halogens is 4. The summed E-state index contributed by atoms with van der Waals surface area (Å²) in [4.78, 5) is 0. The van der Waals surface area contributed by atoms with Crippen molar-refractivity contribution >= 4 is 25.1 Å². The maximum absolute atomic E-state index is 9.75. The minimum atomic E-state index is -6.00. The number of hydrogen-bond donors (Lipinski definition) is 1. The molecule has 5 nitrogen and oxygen atoms in total. The van der Waals surface area contributed by atoms with Crippen LogP contribution in [0.4, 0.5) is 28.9 Å². The molecular formula is C22H18BF4N5. The molecule has 32 heavy (non-hydrogen) atoms. The van der Waals surface area contributed by atoms with Crippen molar-refractivity contribution in [2.75, 3.05) is 5.43 Å². The van der Waals surface area contributed by atoms with Gasteiger partial charge in [-0.15, -0.1) is 15.6 Å². The van der Waals surface area contributed by atoms with Crippen LogP contribution in [0.15, 0.2) is 79.1 Å². The highest BCUT2D eigenvalue weighted by Gasteiger charge is 2.27. The van der Waals surface area contributed by atoms with E-state index >= 15 is 0 Å². The lowest BCUT2D eigenvalue weighted by Crippen LogP contribution is -2.24. The summed E-state index contributed by atoms with van der Waals surface area (Å²) in [6.07, 6.45) is 3.80. The van der Waals surface area contributed by atoms with Crippen molar-refractivity contribution in [3.05, 3.63) is 90.3 Å². The van der Waals surface area contributed by atoms with Crippen LogP contribution in [0.3, 0.4) is 0 Å². The van der Waals surface area contributed by atoms with Crippen molar-refractivity contribution in [1.29, 1.82) is 0 Å². The third-order valence-electron chi connectivity index (χ3n) is 4.71. The standard InChI is InChI=1S/C22H18N5.BF4/c1-16-7-12-20-21(13-16)27(25-22-24-23-15-26(20)22)14-17-8-10-19(11-9-17)18-5-3-2-4-6-18;2-1(3,4)5/h2-15H,1H3,(H,24,25);/q+1;-1/b27-14-;. The van der Waals surface area contributed by atoms with E-state index in [2.05, 4.69) is 95.5 Å². The van der Waals surface area contributed by atoms with Gasteiger partial charge in [0.15, 0.2) is 0 Å². The van der Waals surface area contributed by atoms with Crippen LogP contribution in [0, 0.1) is 6.92 Å². The van der Waals surface area contributed by atoms with Crippen LogP contribution in [0.1, 0.15) is 11.1 Å². The number of fused-ring (bicyclic) bond motifs is 3. The van der Waals surface area contributed by atoms with E-state index in [9.17, 15) is 17.3 Å². The average Bonchev–Trinajstić information content (AvgIpc) is 3.22. The minimum Gasteiger partial charge on any atom is -0.418 e. The summed E-state index contributed by atoms with van der Waals surface area (Å²) in [6, 6.07) is 25.3. The molecule has 0 saturated carbocycles. The van der Waals surface area contributed by atoms with Crippen LogP contribution < -0.4 is 5.43 Å². The Morgan fingerprint density at radius 1 is 0.906 bits per heavy atom. The molecule has 0 spiro atoms. The maximum atomic E-state index is 9.75. The number of aryl methyl sites for hydroxylation is 1. The molecule has 0 amide bonds. The summed E-state index contributed by atoms with van der Waals surface area (Å²) < 4.78 is 43.0. The van der Waals surface area contributed by atoms with E-state index in [0.29, 0.717) is 5.95 Å². The first-order valence-electron chi connectivity index (χ1n) is 9.72. The SMILES string of the molecule is Cc1ccc2c(c1)/[N+](=C/c1ccc(-c3ccccc3)cc1)Nc1nncn1-2.F[B-](F)(F)F. The molecule has 1 aromatic heterocycles. The Morgan fingerprint density at radius 2 is 1.56 bits per heavy atom. The van der Waals surface area contributed by atoms with E-state index in [0.717, 1.165) is 16.9 Å². The number of aromatic nitrogens is 3. The molecule has 3 aromatic carbocycles. The van der Waals surface area contributed by atoms with Crippen molar-refractivity contribution in [2.45, 2.75) is 6.92 Å². The van der Waals surface area contributed by atoms with Gasteiger partial charge in [0.1, 0.15) is 12.0 Å². The van der Waals surface area contributed by atoms with Gasteiger partial charge in [0.2, 0.25) is 6.21 Å². The summed E-state index contributed by atoms with van der Waals surface area (Å²) in [5, 5.41) is 8.19. The molecule has 2 heterocycles. The summed E-state index contributed by atoms with van der Waals surface area (Å²) in [5.74, 6) is 0.698. The fraction of sp³-hybridized carbons (Fsp3) is 0.0455. The van der Waals surface area contributed by atoms with Gasteiger partial charge in [0.25, 0.3) is 11.6 Å². The Morgan fingerprint density at radius 3 is 2.25 bits per heavy atom. The second-order valence-electron chi connectivity index (χ2n) is 7.11. The number of hydrazine groups is 1. The van der Waals surface area contributed by atoms with Crippen LogP contribution in [0.2, 0.25) is 0 Å². The molecule has 0 bridgehead atoms. The molecule has 0 aliphatic carbocycles. The molecule has 1 aliphatic rings. The van der Waals surface area contributed by atoms with E-state index in [1.807, 2.05) is 15.3 Å². The maximum Gasteiger partial charge on any atom is 0.673 e. The Balaban J connectivity index is 0.000000444. The summed E-state index contributed by atoms with van der Waals surface area (Å²) >= 11 is 0. The van der Waals surface area contributed by atoms with Gasteiger partial charge in [-0.1, -0.05) is 53.2 Å². The zero-order valence-corrected chi connectivity index (χ0v) is 17.0. The topological polar surface area (TPSA) is 45.8 Å². The van der Waals surface area contributed by atoms with Crippen LogP contribution in [0.25, 0.3) is 16.8 Å². The molecule has 1 aliphatic heterocycles. The normalized spacial score (nSPS) is 13.5. The van der Waals surface area contributed by atoms with Crippen molar-refractivity contribution in [3.8, 4) is 16.8 Å². The lowest BCUT2D eigenvalue weighted by Gasteiger charge is -2.16. The van der Waals surface area contributed by atoms with Crippen LogP contribution >= 0.6 is 0 Å². The molecule has 162 valence electrons. The van der Waals surface area contributed by atoms with Crippen molar-refractivity contribution in [2.24, 2.45) is 0 Å². The first kappa shape index (κ1) is 21.3.